The first-order valence-electron chi connectivity index (χ1n) is 15.8. The molecule has 0 saturated heterocycles. The molecule has 250 valence electrons. The normalized spacial score (nSPS) is 13.8. The molecule has 0 fully saturated rings. The number of carbonyl (C=O) groups is 1. The Hall–Kier alpha value is -5.15. The minimum Gasteiger partial charge on any atom is -0.508 e. The summed E-state index contributed by atoms with van der Waals surface area (Å²) in [6, 6.07) is 31.7. The molecule has 5 nitrogen and oxygen atoms in total. The highest BCUT2D eigenvalue weighted by Crippen LogP contribution is 2.59. The van der Waals surface area contributed by atoms with Gasteiger partial charge >= 0.3 is 11.5 Å². The molecule has 49 heavy (non-hydrogen) atoms. The van der Waals surface area contributed by atoms with Gasteiger partial charge in [0.1, 0.15) is 23.0 Å². The highest BCUT2D eigenvalue weighted by Gasteiger charge is 2.54. The van der Waals surface area contributed by atoms with E-state index >= 15 is 0 Å². The molecule has 1 spiro atoms. The van der Waals surface area contributed by atoms with Gasteiger partial charge in [0.2, 0.25) is 0 Å². The molecule has 2 aliphatic heterocycles. The number of rotatable bonds is 2. The zero-order valence-corrected chi connectivity index (χ0v) is 27.9. The molecular formula is C40H33F3O5S. The lowest BCUT2D eigenvalue weighted by Crippen LogP contribution is -2.33. The molecule has 0 bridgehead atoms. The molecule has 0 unspecified atom stereocenters. The largest absolute Gasteiger partial charge is 0.508 e. The topological polar surface area (TPSA) is 76.0 Å². The lowest BCUT2D eigenvalue weighted by Gasteiger charge is -2.37. The number of hydrogen-bond donors (Lipinski definition) is 2. The van der Waals surface area contributed by atoms with Crippen LogP contribution in [0.5, 0.6) is 23.0 Å². The number of halogens is 3. The molecule has 8 rings (SSSR count). The van der Waals surface area contributed by atoms with Gasteiger partial charge in [0.15, 0.2) is 5.60 Å². The molecule has 0 saturated carbocycles. The van der Waals surface area contributed by atoms with E-state index in [1.807, 2.05) is 82.3 Å². The Morgan fingerprint density at radius 3 is 1.71 bits per heavy atom. The molecule has 0 atom stereocenters. The summed E-state index contributed by atoms with van der Waals surface area (Å²) in [7, 11) is 0. The maximum Gasteiger partial charge on any atom is 0.446 e. The molecule has 9 heteroatoms. The second-order valence-corrected chi connectivity index (χ2v) is 12.8. The van der Waals surface area contributed by atoms with Crippen molar-refractivity contribution in [3.05, 3.63) is 137 Å². The predicted octanol–water partition coefficient (Wildman–Crippen LogP) is 11.4. The molecule has 0 aliphatic carbocycles. The fraction of sp³-hybridized carbons (Fsp3) is 0.175. The van der Waals surface area contributed by atoms with E-state index in [0.29, 0.717) is 44.9 Å². The van der Waals surface area contributed by atoms with Gasteiger partial charge in [0.05, 0.1) is 5.56 Å². The van der Waals surface area contributed by atoms with Crippen molar-refractivity contribution in [3.8, 4) is 23.0 Å². The van der Waals surface area contributed by atoms with Crippen molar-refractivity contribution in [2.45, 2.75) is 49.6 Å². The standard InChI is InChI=1S/C28H16O5.C10H11F3S.C2H6/c29-17-9-5-15-7-11-23-25(20(15)13-17)32-26-21-14-18(30)10-6-16(21)8-12-24(26)28(23)22-4-2-1-3-19(22)27(31)33-28;1-7(2)8-3-5-9(6-4-8)14-10(11,12)13;1-2/h1-14,29-30H;3-7H,1-2H3;1-2H3. The summed E-state index contributed by atoms with van der Waals surface area (Å²) in [4.78, 5) is 13.3. The number of fused-ring (bicyclic) bond motifs is 10. The minimum atomic E-state index is -4.20. The van der Waals surface area contributed by atoms with E-state index in [9.17, 15) is 28.2 Å². The zero-order valence-electron chi connectivity index (χ0n) is 27.1. The summed E-state index contributed by atoms with van der Waals surface area (Å²) in [6.45, 7) is 8.01. The highest BCUT2D eigenvalue weighted by molar-refractivity contribution is 8.00. The molecule has 2 N–H and O–H groups in total. The van der Waals surface area contributed by atoms with Gasteiger partial charge in [-0.1, -0.05) is 82.3 Å². The van der Waals surface area contributed by atoms with Crippen LogP contribution in [0.25, 0.3) is 21.5 Å². The van der Waals surface area contributed by atoms with Gasteiger partial charge in [-0.2, -0.15) is 13.2 Å². The average molecular weight is 683 g/mol. The van der Waals surface area contributed by atoms with Crippen LogP contribution in [0.2, 0.25) is 0 Å². The molecule has 0 aromatic heterocycles. The molecule has 2 heterocycles. The molecule has 0 amide bonds. The summed E-state index contributed by atoms with van der Waals surface area (Å²) in [5.41, 5.74) is -1.74. The van der Waals surface area contributed by atoms with Crippen molar-refractivity contribution in [1.29, 1.82) is 0 Å². The molecule has 6 aromatic rings. The lowest BCUT2D eigenvalue weighted by molar-refractivity contribution is -0.0328. The van der Waals surface area contributed by atoms with Crippen molar-refractivity contribution in [2.24, 2.45) is 0 Å². The van der Waals surface area contributed by atoms with E-state index in [-0.39, 0.29) is 28.2 Å². The van der Waals surface area contributed by atoms with Crippen LogP contribution in [0.3, 0.4) is 0 Å². The van der Waals surface area contributed by atoms with Crippen LogP contribution in [-0.2, 0) is 10.3 Å². The number of ether oxygens (including phenoxy) is 2. The third-order valence-corrected chi connectivity index (χ3v) is 9.17. The van der Waals surface area contributed by atoms with Crippen LogP contribution in [0.15, 0.2) is 114 Å². The lowest BCUT2D eigenvalue weighted by atomic mass is 9.76. The van der Waals surface area contributed by atoms with E-state index in [1.165, 1.54) is 12.1 Å². The van der Waals surface area contributed by atoms with Crippen molar-refractivity contribution in [2.75, 3.05) is 0 Å². The fourth-order valence-corrected chi connectivity index (χ4v) is 6.79. The van der Waals surface area contributed by atoms with Gasteiger partial charge in [0, 0.05) is 32.4 Å². The van der Waals surface area contributed by atoms with E-state index in [0.717, 1.165) is 21.9 Å². The number of phenols is 2. The van der Waals surface area contributed by atoms with Crippen LogP contribution >= 0.6 is 11.8 Å². The molecule has 6 aromatic carbocycles. The Labute approximate surface area is 285 Å². The van der Waals surface area contributed by atoms with E-state index in [2.05, 4.69) is 0 Å². The number of carbonyl (C=O) groups excluding carboxylic acids is 1. The first-order chi connectivity index (χ1) is 23.4. The second-order valence-electron chi connectivity index (χ2n) is 11.7. The summed E-state index contributed by atoms with van der Waals surface area (Å²) in [5.74, 6) is 1.18. The van der Waals surface area contributed by atoms with Gasteiger partial charge in [-0.15, -0.1) is 0 Å². The Bertz CT molecular complexity index is 2100. The first kappa shape index (κ1) is 33.7. The van der Waals surface area contributed by atoms with Crippen molar-refractivity contribution in [3.63, 3.8) is 0 Å². The summed E-state index contributed by atoms with van der Waals surface area (Å²) in [6.07, 6.45) is 0. The van der Waals surface area contributed by atoms with Crippen LogP contribution < -0.4 is 4.74 Å². The number of benzene rings is 6. The van der Waals surface area contributed by atoms with Gasteiger partial charge in [0.25, 0.3) is 0 Å². The van der Waals surface area contributed by atoms with Crippen LogP contribution in [0.1, 0.15) is 66.2 Å². The van der Waals surface area contributed by atoms with Gasteiger partial charge in [-0.05, 0) is 88.6 Å². The predicted molar refractivity (Wildman–Crippen MR) is 187 cm³/mol. The number of aromatic hydroxyl groups is 2. The minimum absolute atomic E-state index is 0.0788. The highest BCUT2D eigenvalue weighted by atomic mass is 32.2. The van der Waals surface area contributed by atoms with E-state index in [4.69, 9.17) is 9.47 Å². The van der Waals surface area contributed by atoms with E-state index < -0.39 is 17.1 Å². The van der Waals surface area contributed by atoms with Crippen molar-refractivity contribution >= 4 is 39.3 Å². The van der Waals surface area contributed by atoms with Crippen molar-refractivity contribution < 1.29 is 37.7 Å². The quantitative estimate of drug-likeness (QED) is 0.140. The summed E-state index contributed by atoms with van der Waals surface area (Å²) in [5, 5.41) is 23.6. The maximum absolute atomic E-state index is 13.1. The van der Waals surface area contributed by atoms with Gasteiger partial charge in [-0.3, -0.25) is 0 Å². The summed E-state index contributed by atoms with van der Waals surface area (Å²) < 4.78 is 48.7. The second kappa shape index (κ2) is 13.0. The third kappa shape index (κ3) is 6.15. The fourth-order valence-electron chi connectivity index (χ4n) is 6.25. The number of alkyl halides is 3. The monoisotopic (exact) mass is 682 g/mol. The number of thioether (sulfide) groups is 1. The number of hydrogen-bond acceptors (Lipinski definition) is 6. The Kier molecular flexibility index (Phi) is 8.98. The smallest absolute Gasteiger partial charge is 0.446 e. The van der Waals surface area contributed by atoms with Crippen LogP contribution in [0, 0.1) is 0 Å². The number of phenolic OH excluding ortho intramolecular Hbond substituents is 2. The van der Waals surface area contributed by atoms with Gasteiger partial charge in [-0.25, -0.2) is 4.79 Å². The summed E-state index contributed by atoms with van der Waals surface area (Å²) >= 11 is -0.0788. The average Bonchev–Trinajstić information content (AvgIpc) is 3.37. The van der Waals surface area contributed by atoms with Crippen LogP contribution in [0.4, 0.5) is 13.2 Å². The maximum atomic E-state index is 13.1. The third-order valence-electron chi connectivity index (χ3n) is 8.43. The van der Waals surface area contributed by atoms with E-state index in [1.54, 1.807) is 42.5 Å². The Morgan fingerprint density at radius 1 is 0.694 bits per heavy atom. The van der Waals surface area contributed by atoms with Crippen molar-refractivity contribution in [1.82, 2.24) is 0 Å². The number of esters is 1. The molecule has 0 radical (unpaired) electrons. The zero-order chi connectivity index (χ0) is 35.1. The van der Waals surface area contributed by atoms with Crippen LogP contribution in [-0.4, -0.2) is 21.7 Å². The Morgan fingerprint density at radius 2 is 1.20 bits per heavy atom. The first-order valence-corrected chi connectivity index (χ1v) is 16.6. The molecular weight excluding hydrogens is 649 g/mol. The SMILES string of the molecule is CC.CC(C)c1ccc(SC(F)(F)F)cc1.O=C1OC2(c3ccccc31)c1ccc3ccc(O)cc3c1Oc1c2ccc2ccc(O)cc12. The molecule has 2 aliphatic rings. The Balaban J connectivity index is 0.000000221. The van der Waals surface area contributed by atoms with Gasteiger partial charge < -0.3 is 19.7 Å².